The van der Waals surface area contributed by atoms with Crippen LogP contribution in [-0.2, 0) is 0 Å². The van der Waals surface area contributed by atoms with Crippen LogP contribution in [0.1, 0.15) is 26.7 Å². The van der Waals surface area contributed by atoms with Crippen molar-refractivity contribution in [2.75, 3.05) is 19.6 Å². The fourth-order valence-corrected chi connectivity index (χ4v) is 2.79. The average molecular weight is 212 g/mol. The van der Waals surface area contributed by atoms with Crippen LogP contribution in [0.25, 0.3) is 0 Å². The van der Waals surface area contributed by atoms with Crippen LogP contribution in [0.15, 0.2) is 11.6 Å². The van der Waals surface area contributed by atoms with E-state index in [0.29, 0.717) is 10.8 Å². The third kappa shape index (κ3) is 2.67. The van der Waals surface area contributed by atoms with E-state index in [9.17, 15) is 0 Å². The van der Waals surface area contributed by atoms with Crippen molar-refractivity contribution in [1.82, 2.24) is 10.2 Å². The van der Waals surface area contributed by atoms with Crippen LogP contribution in [-0.4, -0.2) is 29.9 Å². The number of nitrogens with zero attached hydrogens (tertiary/aromatic N) is 1. The zero-order chi connectivity index (χ0) is 10.0. The summed E-state index contributed by atoms with van der Waals surface area (Å²) in [7, 11) is 0. The van der Waals surface area contributed by atoms with Crippen molar-refractivity contribution in [3.8, 4) is 0 Å². The van der Waals surface area contributed by atoms with Crippen molar-refractivity contribution < 1.29 is 0 Å². The molecule has 2 rings (SSSR count). The largest absolute Gasteiger partial charge is 0.377 e. The first-order valence-corrected chi connectivity index (χ1v) is 6.39. The maximum Gasteiger partial charge on any atom is 0.0887 e. The lowest BCUT2D eigenvalue weighted by Gasteiger charge is -2.37. The summed E-state index contributed by atoms with van der Waals surface area (Å²) in [5.41, 5.74) is 0.574. The van der Waals surface area contributed by atoms with Crippen LogP contribution in [0.5, 0.6) is 0 Å². The SMILES string of the molecule is CC1(C)CCN(CC2NC=CS2)CC1. The Morgan fingerprint density at radius 1 is 1.43 bits per heavy atom. The van der Waals surface area contributed by atoms with E-state index in [2.05, 4.69) is 35.7 Å². The molecule has 80 valence electrons. The molecule has 0 bridgehead atoms. The number of hydrogen-bond acceptors (Lipinski definition) is 3. The first-order chi connectivity index (χ1) is 6.66. The van der Waals surface area contributed by atoms with Gasteiger partial charge in [0.2, 0.25) is 0 Å². The van der Waals surface area contributed by atoms with Crippen molar-refractivity contribution in [3.63, 3.8) is 0 Å². The van der Waals surface area contributed by atoms with Gasteiger partial charge in [-0.15, -0.1) is 11.8 Å². The van der Waals surface area contributed by atoms with Crippen LogP contribution < -0.4 is 5.32 Å². The van der Waals surface area contributed by atoms with Gasteiger partial charge in [-0.25, -0.2) is 0 Å². The van der Waals surface area contributed by atoms with E-state index in [-0.39, 0.29) is 0 Å². The molecule has 2 heterocycles. The van der Waals surface area contributed by atoms with Gasteiger partial charge in [-0.3, -0.25) is 0 Å². The number of thioether (sulfide) groups is 1. The quantitative estimate of drug-likeness (QED) is 0.756. The molecule has 0 spiro atoms. The second-order valence-electron chi connectivity index (χ2n) is 5.06. The van der Waals surface area contributed by atoms with Crippen LogP contribution in [0.2, 0.25) is 0 Å². The van der Waals surface area contributed by atoms with Gasteiger partial charge in [0.1, 0.15) is 0 Å². The molecule has 1 N–H and O–H groups in total. The molecular formula is C11H20N2S. The normalized spacial score (nSPS) is 31.7. The molecule has 2 aliphatic rings. The summed E-state index contributed by atoms with van der Waals surface area (Å²) in [6.45, 7) is 8.49. The molecule has 14 heavy (non-hydrogen) atoms. The molecule has 0 aromatic carbocycles. The van der Waals surface area contributed by atoms with Gasteiger partial charge in [0.15, 0.2) is 0 Å². The van der Waals surface area contributed by atoms with Crippen LogP contribution in [0, 0.1) is 5.41 Å². The van der Waals surface area contributed by atoms with Gasteiger partial charge in [0, 0.05) is 12.7 Å². The lowest BCUT2D eigenvalue weighted by molar-refractivity contribution is 0.132. The molecule has 0 aliphatic carbocycles. The van der Waals surface area contributed by atoms with Gasteiger partial charge < -0.3 is 10.2 Å². The molecule has 0 saturated carbocycles. The molecule has 2 nitrogen and oxygen atoms in total. The highest BCUT2D eigenvalue weighted by molar-refractivity contribution is 8.02. The van der Waals surface area contributed by atoms with Gasteiger partial charge in [-0.05, 0) is 36.8 Å². The number of nitrogens with one attached hydrogen (secondary N) is 1. The van der Waals surface area contributed by atoms with E-state index in [4.69, 9.17) is 0 Å². The van der Waals surface area contributed by atoms with E-state index in [0.717, 1.165) is 0 Å². The Kier molecular flexibility index (Phi) is 3.07. The molecule has 1 atom stereocenters. The number of piperidine rings is 1. The maximum absolute atomic E-state index is 3.37. The summed E-state index contributed by atoms with van der Waals surface area (Å²) in [6, 6.07) is 0. The smallest absolute Gasteiger partial charge is 0.0887 e. The highest BCUT2D eigenvalue weighted by Crippen LogP contribution is 2.30. The van der Waals surface area contributed by atoms with Crippen molar-refractivity contribution in [3.05, 3.63) is 11.6 Å². The molecule has 1 unspecified atom stereocenters. The van der Waals surface area contributed by atoms with Crippen molar-refractivity contribution in [2.24, 2.45) is 5.41 Å². The maximum atomic E-state index is 3.37. The third-order valence-electron chi connectivity index (χ3n) is 3.23. The molecule has 0 radical (unpaired) electrons. The van der Waals surface area contributed by atoms with E-state index < -0.39 is 0 Å². The minimum absolute atomic E-state index is 0.574. The van der Waals surface area contributed by atoms with Crippen LogP contribution >= 0.6 is 11.8 Å². The zero-order valence-corrected chi connectivity index (χ0v) is 9.94. The molecule has 2 aliphatic heterocycles. The fourth-order valence-electron chi connectivity index (χ4n) is 1.99. The van der Waals surface area contributed by atoms with E-state index >= 15 is 0 Å². The van der Waals surface area contributed by atoms with Gasteiger partial charge in [0.25, 0.3) is 0 Å². The van der Waals surface area contributed by atoms with E-state index in [1.165, 1.54) is 32.5 Å². The lowest BCUT2D eigenvalue weighted by Crippen LogP contribution is -2.42. The molecule has 3 heteroatoms. The highest BCUT2D eigenvalue weighted by atomic mass is 32.2. The summed E-state index contributed by atoms with van der Waals surface area (Å²) in [5.74, 6) is 0. The highest BCUT2D eigenvalue weighted by Gasteiger charge is 2.26. The predicted molar refractivity (Wildman–Crippen MR) is 63.1 cm³/mol. The number of likely N-dealkylation sites (tertiary alicyclic amines) is 1. The summed E-state index contributed by atoms with van der Waals surface area (Å²) >= 11 is 1.90. The van der Waals surface area contributed by atoms with Crippen molar-refractivity contribution >= 4 is 11.8 Å². The van der Waals surface area contributed by atoms with Gasteiger partial charge in [-0.1, -0.05) is 13.8 Å². The Morgan fingerprint density at radius 2 is 2.14 bits per heavy atom. The second kappa shape index (κ2) is 4.15. The molecular weight excluding hydrogens is 192 g/mol. The minimum atomic E-state index is 0.574. The summed E-state index contributed by atoms with van der Waals surface area (Å²) < 4.78 is 0. The van der Waals surface area contributed by atoms with E-state index in [1.54, 1.807) is 0 Å². The summed E-state index contributed by atoms with van der Waals surface area (Å²) in [6.07, 6.45) is 4.75. The molecule has 0 amide bonds. The van der Waals surface area contributed by atoms with Crippen molar-refractivity contribution in [1.29, 1.82) is 0 Å². The average Bonchev–Trinajstić information content (AvgIpc) is 2.61. The molecule has 1 fully saturated rings. The third-order valence-corrected chi connectivity index (χ3v) is 4.13. The van der Waals surface area contributed by atoms with Gasteiger partial charge in [-0.2, -0.15) is 0 Å². The Morgan fingerprint density at radius 3 is 2.71 bits per heavy atom. The number of rotatable bonds is 2. The molecule has 1 saturated heterocycles. The topological polar surface area (TPSA) is 15.3 Å². The number of hydrogen-bond donors (Lipinski definition) is 1. The standard InChI is InChI=1S/C11H20N2S/c1-11(2)3-6-13(7-4-11)9-10-12-5-8-14-10/h5,8,10,12H,3-4,6-7,9H2,1-2H3. The summed E-state index contributed by atoms with van der Waals surface area (Å²) in [5, 5.41) is 6.11. The minimum Gasteiger partial charge on any atom is -0.377 e. The zero-order valence-electron chi connectivity index (χ0n) is 9.12. The van der Waals surface area contributed by atoms with Crippen LogP contribution in [0.3, 0.4) is 0 Å². The molecule has 0 aromatic heterocycles. The lowest BCUT2D eigenvalue weighted by atomic mass is 9.83. The van der Waals surface area contributed by atoms with Crippen molar-refractivity contribution in [2.45, 2.75) is 32.1 Å². The first-order valence-electron chi connectivity index (χ1n) is 5.45. The fraction of sp³-hybridized carbons (Fsp3) is 0.818. The Labute approximate surface area is 91.1 Å². The first kappa shape index (κ1) is 10.4. The molecule has 0 aromatic rings. The Hall–Kier alpha value is -0.150. The second-order valence-corrected chi connectivity index (χ2v) is 6.17. The van der Waals surface area contributed by atoms with Gasteiger partial charge >= 0.3 is 0 Å². The summed E-state index contributed by atoms with van der Waals surface area (Å²) in [4.78, 5) is 2.59. The van der Waals surface area contributed by atoms with Crippen LogP contribution in [0.4, 0.5) is 0 Å². The monoisotopic (exact) mass is 212 g/mol. The predicted octanol–water partition coefficient (Wildman–Crippen LogP) is 2.24. The Bertz CT molecular complexity index is 207. The Balaban J connectivity index is 1.73. The van der Waals surface area contributed by atoms with E-state index in [1.807, 2.05) is 11.8 Å². The van der Waals surface area contributed by atoms with Gasteiger partial charge in [0.05, 0.1) is 5.37 Å².